The summed E-state index contributed by atoms with van der Waals surface area (Å²) >= 11 is 2.10. The van der Waals surface area contributed by atoms with E-state index in [0.717, 1.165) is 3.57 Å². The Kier molecular flexibility index (Phi) is 2.81. The van der Waals surface area contributed by atoms with E-state index in [2.05, 4.69) is 22.6 Å². The normalized spacial score (nSPS) is 10.6. The molecule has 0 saturated heterocycles. The van der Waals surface area contributed by atoms with Crippen molar-refractivity contribution >= 4 is 22.6 Å². The fraction of sp³-hybridized carbons (Fsp3) is 0.250. The summed E-state index contributed by atoms with van der Waals surface area (Å²) in [5, 5.41) is 0. The Morgan fingerprint density at radius 3 is 2.45 bits per heavy atom. The molecular weight excluding hydrogens is 261 g/mol. The smallest absolute Gasteiger partial charge is 0.205 e. The van der Waals surface area contributed by atoms with E-state index in [-0.39, 0.29) is 5.56 Å². The van der Waals surface area contributed by atoms with Gasteiger partial charge in [-0.1, -0.05) is 6.07 Å². The second-order valence-corrected chi connectivity index (χ2v) is 3.55. The SMILES string of the molecule is Cc1cc(I)ccc1C(F)F. The fourth-order valence-corrected chi connectivity index (χ4v) is 1.53. The maximum absolute atomic E-state index is 12.2. The third-order valence-electron chi connectivity index (χ3n) is 1.47. The molecule has 1 aromatic rings. The standard InChI is InChI=1S/C8H7F2I/c1-5-4-6(11)2-3-7(5)8(9)10/h2-4,8H,1H3. The van der Waals surface area contributed by atoms with Crippen LogP contribution in [0.5, 0.6) is 0 Å². The highest BCUT2D eigenvalue weighted by Crippen LogP contribution is 2.23. The van der Waals surface area contributed by atoms with Crippen LogP contribution in [-0.4, -0.2) is 0 Å². The lowest BCUT2D eigenvalue weighted by Crippen LogP contribution is -1.89. The van der Waals surface area contributed by atoms with Gasteiger partial charge in [-0.2, -0.15) is 0 Å². The minimum atomic E-state index is -2.35. The van der Waals surface area contributed by atoms with Gasteiger partial charge in [0.25, 0.3) is 6.43 Å². The molecule has 3 heteroatoms. The van der Waals surface area contributed by atoms with Gasteiger partial charge in [0.1, 0.15) is 0 Å². The molecule has 0 aliphatic rings. The molecule has 11 heavy (non-hydrogen) atoms. The summed E-state index contributed by atoms with van der Waals surface area (Å²) in [4.78, 5) is 0. The Morgan fingerprint density at radius 1 is 1.36 bits per heavy atom. The molecule has 0 aliphatic heterocycles. The molecule has 0 saturated carbocycles. The average Bonchev–Trinajstić information content (AvgIpc) is 1.85. The van der Waals surface area contributed by atoms with Crippen LogP contribution in [-0.2, 0) is 0 Å². The van der Waals surface area contributed by atoms with Crippen LogP contribution >= 0.6 is 22.6 Å². The highest BCUT2D eigenvalue weighted by atomic mass is 127. The van der Waals surface area contributed by atoms with Crippen LogP contribution in [0.2, 0.25) is 0 Å². The van der Waals surface area contributed by atoms with Gasteiger partial charge >= 0.3 is 0 Å². The van der Waals surface area contributed by atoms with E-state index in [1.54, 1.807) is 19.1 Å². The molecule has 0 aliphatic carbocycles. The van der Waals surface area contributed by atoms with Gasteiger partial charge in [-0.3, -0.25) is 0 Å². The van der Waals surface area contributed by atoms with Crippen LogP contribution in [0, 0.1) is 10.5 Å². The van der Waals surface area contributed by atoms with E-state index in [0.29, 0.717) is 5.56 Å². The molecule has 0 heterocycles. The summed E-state index contributed by atoms with van der Waals surface area (Å²) < 4.78 is 25.3. The van der Waals surface area contributed by atoms with Crippen LogP contribution in [0.4, 0.5) is 8.78 Å². The minimum Gasteiger partial charge on any atom is -0.205 e. The third kappa shape index (κ3) is 2.12. The van der Waals surface area contributed by atoms with Gasteiger partial charge in [0.15, 0.2) is 0 Å². The van der Waals surface area contributed by atoms with Gasteiger partial charge < -0.3 is 0 Å². The number of aryl methyl sites for hydroxylation is 1. The van der Waals surface area contributed by atoms with Gasteiger partial charge in [0.05, 0.1) is 0 Å². The first-order valence-electron chi connectivity index (χ1n) is 3.15. The van der Waals surface area contributed by atoms with Gasteiger partial charge in [-0.15, -0.1) is 0 Å². The topological polar surface area (TPSA) is 0 Å². The highest BCUT2D eigenvalue weighted by molar-refractivity contribution is 14.1. The summed E-state index contributed by atoms with van der Waals surface area (Å²) in [5.41, 5.74) is 0.789. The number of benzene rings is 1. The van der Waals surface area contributed by atoms with Crippen molar-refractivity contribution in [2.24, 2.45) is 0 Å². The lowest BCUT2D eigenvalue weighted by molar-refractivity contribution is 0.150. The number of halogens is 3. The Bertz CT molecular complexity index is 258. The zero-order valence-corrected chi connectivity index (χ0v) is 8.10. The maximum atomic E-state index is 12.2. The third-order valence-corrected chi connectivity index (χ3v) is 2.14. The highest BCUT2D eigenvalue weighted by Gasteiger charge is 2.09. The van der Waals surface area contributed by atoms with Crippen molar-refractivity contribution in [3.8, 4) is 0 Å². The second-order valence-electron chi connectivity index (χ2n) is 2.30. The van der Waals surface area contributed by atoms with Crippen molar-refractivity contribution in [1.82, 2.24) is 0 Å². The molecule has 0 atom stereocenters. The van der Waals surface area contributed by atoms with Gasteiger partial charge in [0.2, 0.25) is 0 Å². The lowest BCUT2D eigenvalue weighted by Gasteiger charge is -2.03. The molecule has 0 bridgehead atoms. The van der Waals surface area contributed by atoms with Gasteiger partial charge in [-0.05, 0) is 47.2 Å². The predicted molar refractivity (Wildman–Crippen MR) is 48.9 cm³/mol. The van der Waals surface area contributed by atoms with Gasteiger partial charge in [-0.25, -0.2) is 8.78 Å². The molecular formula is C8H7F2I. The fourth-order valence-electron chi connectivity index (χ4n) is 0.884. The largest absolute Gasteiger partial charge is 0.264 e. The molecule has 0 N–H and O–H groups in total. The van der Waals surface area contributed by atoms with Crippen molar-refractivity contribution in [2.45, 2.75) is 13.3 Å². The molecule has 0 aromatic heterocycles. The van der Waals surface area contributed by atoms with E-state index in [4.69, 9.17) is 0 Å². The molecule has 1 aromatic carbocycles. The second kappa shape index (κ2) is 3.47. The van der Waals surface area contributed by atoms with Crippen molar-refractivity contribution in [2.75, 3.05) is 0 Å². The monoisotopic (exact) mass is 268 g/mol. The van der Waals surface area contributed by atoms with E-state index in [9.17, 15) is 8.78 Å². The van der Waals surface area contributed by atoms with Crippen molar-refractivity contribution in [1.29, 1.82) is 0 Å². The quantitative estimate of drug-likeness (QED) is 0.683. The maximum Gasteiger partial charge on any atom is 0.264 e. The molecule has 0 amide bonds. The van der Waals surface area contributed by atoms with Crippen LogP contribution < -0.4 is 0 Å². The molecule has 0 radical (unpaired) electrons. The van der Waals surface area contributed by atoms with Crippen LogP contribution in [0.3, 0.4) is 0 Å². The van der Waals surface area contributed by atoms with E-state index >= 15 is 0 Å². The Hall–Kier alpha value is -0.190. The van der Waals surface area contributed by atoms with Gasteiger partial charge in [0, 0.05) is 9.13 Å². The Morgan fingerprint density at radius 2 is 2.00 bits per heavy atom. The molecule has 0 fully saturated rings. The van der Waals surface area contributed by atoms with Crippen LogP contribution in [0.15, 0.2) is 18.2 Å². The summed E-state index contributed by atoms with van der Waals surface area (Å²) in [5.74, 6) is 0. The van der Waals surface area contributed by atoms with Crippen molar-refractivity contribution in [3.63, 3.8) is 0 Å². The zero-order chi connectivity index (χ0) is 8.43. The summed E-state index contributed by atoms with van der Waals surface area (Å²) in [6.45, 7) is 1.70. The number of rotatable bonds is 1. The molecule has 60 valence electrons. The number of alkyl halides is 2. The predicted octanol–water partition coefficient (Wildman–Crippen LogP) is 3.54. The molecule has 0 spiro atoms. The summed E-state index contributed by atoms with van der Waals surface area (Å²) in [6, 6.07) is 4.92. The summed E-state index contributed by atoms with van der Waals surface area (Å²) in [6.07, 6.45) is -2.35. The molecule has 1 rings (SSSR count). The van der Waals surface area contributed by atoms with E-state index in [1.165, 1.54) is 6.07 Å². The first-order chi connectivity index (χ1) is 5.11. The Labute approximate surface area is 77.8 Å². The zero-order valence-electron chi connectivity index (χ0n) is 5.94. The lowest BCUT2D eigenvalue weighted by atomic mass is 10.1. The van der Waals surface area contributed by atoms with Crippen molar-refractivity contribution < 1.29 is 8.78 Å². The number of hydrogen-bond acceptors (Lipinski definition) is 0. The molecule has 0 nitrogen and oxygen atoms in total. The molecule has 0 unspecified atom stereocenters. The van der Waals surface area contributed by atoms with E-state index in [1.807, 2.05) is 0 Å². The first-order valence-corrected chi connectivity index (χ1v) is 4.23. The van der Waals surface area contributed by atoms with E-state index < -0.39 is 6.43 Å². The van der Waals surface area contributed by atoms with Crippen LogP contribution in [0.25, 0.3) is 0 Å². The first kappa shape index (κ1) is 8.90. The van der Waals surface area contributed by atoms with Crippen molar-refractivity contribution in [3.05, 3.63) is 32.9 Å². The summed E-state index contributed by atoms with van der Waals surface area (Å²) in [7, 11) is 0. The Balaban J connectivity index is 3.09. The van der Waals surface area contributed by atoms with Crippen LogP contribution in [0.1, 0.15) is 17.6 Å². The minimum absolute atomic E-state index is 0.130. The average molecular weight is 268 g/mol. The number of hydrogen-bond donors (Lipinski definition) is 0.